The molecule has 8 nitrogen and oxygen atoms in total. The molecule has 2 aromatic carbocycles. The minimum Gasteiger partial charge on any atom is -0.322 e. The number of hydrogen-bond acceptors (Lipinski definition) is 5. The van der Waals surface area contributed by atoms with Crippen LogP contribution < -0.4 is 5.32 Å². The lowest BCUT2D eigenvalue weighted by atomic mass is 10.1. The predicted octanol–water partition coefficient (Wildman–Crippen LogP) is 3.59. The van der Waals surface area contributed by atoms with E-state index in [4.69, 9.17) is 0 Å². The Morgan fingerprint density at radius 3 is 2.28 bits per heavy atom. The first-order chi connectivity index (χ1) is 13.7. The minimum atomic E-state index is -3.52. The summed E-state index contributed by atoms with van der Waals surface area (Å²) in [6.45, 7) is 6.01. The first kappa shape index (κ1) is 22.3. The number of carbonyl (C=O) groups is 1. The summed E-state index contributed by atoms with van der Waals surface area (Å²) in [6, 6.07) is 10.4. The van der Waals surface area contributed by atoms with Crippen molar-refractivity contribution in [1.29, 1.82) is 0 Å². The molecule has 0 fully saturated rings. The van der Waals surface area contributed by atoms with Crippen LogP contribution in [-0.2, 0) is 14.8 Å². The molecule has 1 amide bonds. The molecule has 2 rings (SSSR count). The van der Waals surface area contributed by atoms with Crippen LogP contribution in [0.5, 0.6) is 0 Å². The molecule has 0 saturated carbocycles. The Morgan fingerprint density at radius 2 is 1.76 bits per heavy atom. The van der Waals surface area contributed by atoms with Crippen molar-refractivity contribution in [2.24, 2.45) is 0 Å². The fourth-order valence-corrected chi connectivity index (χ4v) is 4.17. The van der Waals surface area contributed by atoms with Crippen LogP contribution in [0.3, 0.4) is 0 Å². The van der Waals surface area contributed by atoms with Gasteiger partial charge in [-0.15, -0.1) is 0 Å². The molecule has 0 atom stereocenters. The maximum atomic E-state index is 12.5. The van der Waals surface area contributed by atoms with Crippen LogP contribution >= 0.6 is 0 Å². The van der Waals surface area contributed by atoms with Gasteiger partial charge in [0.1, 0.15) is 0 Å². The quantitative estimate of drug-likeness (QED) is 0.401. The average Bonchev–Trinajstić information content (AvgIpc) is 2.69. The van der Waals surface area contributed by atoms with Crippen LogP contribution in [0.15, 0.2) is 53.4 Å². The molecular weight excluding hydrogens is 394 g/mol. The Balaban J connectivity index is 2.08. The van der Waals surface area contributed by atoms with Gasteiger partial charge in [0.15, 0.2) is 0 Å². The van der Waals surface area contributed by atoms with E-state index in [2.05, 4.69) is 5.32 Å². The zero-order valence-corrected chi connectivity index (χ0v) is 17.3. The van der Waals surface area contributed by atoms with Gasteiger partial charge in [-0.2, -0.15) is 4.31 Å². The second-order valence-electron chi connectivity index (χ2n) is 6.24. The summed E-state index contributed by atoms with van der Waals surface area (Å²) in [7, 11) is -3.52. The van der Waals surface area contributed by atoms with Crippen LogP contribution in [0, 0.1) is 17.0 Å². The van der Waals surface area contributed by atoms with Crippen molar-refractivity contribution in [3.63, 3.8) is 0 Å². The molecule has 0 spiro atoms. The van der Waals surface area contributed by atoms with Crippen LogP contribution in [0.4, 0.5) is 11.4 Å². The second kappa shape index (κ2) is 9.44. The van der Waals surface area contributed by atoms with Crippen molar-refractivity contribution in [2.45, 2.75) is 25.7 Å². The Labute approximate surface area is 170 Å². The van der Waals surface area contributed by atoms with Crippen molar-refractivity contribution in [3.8, 4) is 0 Å². The molecule has 0 aliphatic heterocycles. The fourth-order valence-electron chi connectivity index (χ4n) is 2.71. The van der Waals surface area contributed by atoms with Crippen molar-refractivity contribution in [2.75, 3.05) is 18.4 Å². The lowest BCUT2D eigenvalue weighted by Gasteiger charge is -2.18. The molecule has 0 radical (unpaired) electrons. The maximum Gasteiger partial charge on any atom is 0.269 e. The van der Waals surface area contributed by atoms with E-state index < -0.39 is 20.9 Å². The summed E-state index contributed by atoms with van der Waals surface area (Å²) in [5.41, 5.74) is 1.67. The number of nitrogens with one attached hydrogen (secondary N) is 1. The van der Waals surface area contributed by atoms with E-state index in [0.29, 0.717) is 29.9 Å². The zero-order chi connectivity index (χ0) is 21.6. The molecule has 9 heteroatoms. The topological polar surface area (TPSA) is 110 Å². The largest absolute Gasteiger partial charge is 0.322 e. The summed E-state index contributed by atoms with van der Waals surface area (Å²) in [4.78, 5) is 22.6. The third-order valence-corrected chi connectivity index (χ3v) is 6.39. The monoisotopic (exact) mass is 417 g/mol. The van der Waals surface area contributed by atoms with Gasteiger partial charge in [-0.05, 0) is 42.3 Å². The van der Waals surface area contributed by atoms with E-state index >= 15 is 0 Å². The Kier molecular flexibility index (Phi) is 7.24. The smallest absolute Gasteiger partial charge is 0.269 e. The number of amides is 1. The lowest BCUT2D eigenvalue weighted by Crippen LogP contribution is -2.30. The molecule has 0 aliphatic rings. The van der Waals surface area contributed by atoms with Gasteiger partial charge in [-0.1, -0.05) is 26.0 Å². The number of nitro groups is 1. The van der Waals surface area contributed by atoms with Crippen molar-refractivity contribution >= 4 is 33.4 Å². The number of aryl methyl sites for hydroxylation is 1. The molecule has 29 heavy (non-hydrogen) atoms. The van der Waals surface area contributed by atoms with Gasteiger partial charge in [0.05, 0.1) is 9.82 Å². The standard InChI is InChI=1S/C20H23N3O5S/c1-4-22(5-2)29(27,28)18-10-6-16(7-11-18)8-13-20(24)21-19-12-9-17(23(25)26)14-15(19)3/h6-14H,4-5H2,1-3H3,(H,21,24)/b13-8+. The number of nitrogens with zero attached hydrogens (tertiary/aromatic N) is 2. The molecule has 0 heterocycles. The number of rotatable bonds is 8. The highest BCUT2D eigenvalue weighted by Gasteiger charge is 2.20. The summed E-state index contributed by atoms with van der Waals surface area (Å²) < 4.78 is 26.3. The van der Waals surface area contributed by atoms with E-state index in [9.17, 15) is 23.3 Å². The SMILES string of the molecule is CCN(CC)S(=O)(=O)c1ccc(/C=C/C(=O)Nc2ccc([N+](=O)[O-])cc2C)cc1. The number of sulfonamides is 1. The Morgan fingerprint density at radius 1 is 1.14 bits per heavy atom. The zero-order valence-electron chi connectivity index (χ0n) is 16.5. The van der Waals surface area contributed by atoms with Crippen molar-refractivity contribution in [1.82, 2.24) is 4.31 Å². The Bertz CT molecular complexity index is 1030. The highest BCUT2D eigenvalue weighted by molar-refractivity contribution is 7.89. The highest BCUT2D eigenvalue weighted by atomic mass is 32.2. The normalized spacial score (nSPS) is 11.7. The number of benzene rings is 2. The fraction of sp³-hybridized carbons (Fsp3) is 0.250. The molecule has 1 N–H and O–H groups in total. The number of anilines is 1. The van der Waals surface area contributed by atoms with Crippen LogP contribution in [0.2, 0.25) is 0 Å². The number of hydrogen-bond donors (Lipinski definition) is 1. The van der Waals surface area contributed by atoms with Gasteiger partial charge in [0.2, 0.25) is 15.9 Å². The minimum absolute atomic E-state index is 0.0456. The molecule has 0 aliphatic carbocycles. The maximum absolute atomic E-state index is 12.5. The highest BCUT2D eigenvalue weighted by Crippen LogP contribution is 2.21. The lowest BCUT2D eigenvalue weighted by molar-refractivity contribution is -0.384. The summed E-state index contributed by atoms with van der Waals surface area (Å²) in [5, 5.41) is 13.4. The Hall–Kier alpha value is -3.04. The summed E-state index contributed by atoms with van der Waals surface area (Å²) in [5.74, 6) is -0.401. The van der Waals surface area contributed by atoms with Gasteiger partial charge in [-0.25, -0.2) is 8.42 Å². The molecule has 2 aromatic rings. The van der Waals surface area contributed by atoms with Crippen LogP contribution in [-0.4, -0.2) is 36.6 Å². The van der Waals surface area contributed by atoms with E-state index in [1.165, 1.54) is 40.7 Å². The third-order valence-electron chi connectivity index (χ3n) is 4.33. The summed E-state index contributed by atoms with van der Waals surface area (Å²) in [6.07, 6.45) is 2.87. The molecule has 0 aromatic heterocycles. The number of nitro benzene ring substituents is 1. The van der Waals surface area contributed by atoms with Gasteiger partial charge in [0, 0.05) is 37.0 Å². The average molecular weight is 417 g/mol. The molecule has 154 valence electrons. The number of carbonyl (C=O) groups excluding carboxylic acids is 1. The van der Waals surface area contributed by atoms with Crippen molar-refractivity contribution < 1.29 is 18.1 Å². The van der Waals surface area contributed by atoms with Gasteiger partial charge in [-0.3, -0.25) is 14.9 Å². The molecule has 0 unspecified atom stereocenters. The van der Waals surface area contributed by atoms with Gasteiger partial charge >= 0.3 is 0 Å². The van der Waals surface area contributed by atoms with Gasteiger partial charge < -0.3 is 5.32 Å². The van der Waals surface area contributed by atoms with E-state index in [1.54, 1.807) is 39.0 Å². The third kappa shape index (κ3) is 5.49. The summed E-state index contributed by atoms with van der Waals surface area (Å²) >= 11 is 0. The second-order valence-corrected chi connectivity index (χ2v) is 8.18. The van der Waals surface area contributed by atoms with Crippen LogP contribution in [0.1, 0.15) is 25.0 Å². The van der Waals surface area contributed by atoms with E-state index in [-0.39, 0.29) is 10.6 Å². The molecular formula is C20H23N3O5S. The van der Waals surface area contributed by atoms with Gasteiger partial charge in [0.25, 0.3) is 5.69 Å². The van der Waals surface area contributed by atoms with Crippen molar-refractivity contribution in [3.05, 3.63) is 69.8 Å². The molecule has 0 bridgehead atoms. The predicted molar refractivity (Wildman–Crippen MR) is 112 cm³/mol. The number of non-ortho nitro benzene ring substituents is 1. The van der Waals surface area contributed by atoms with E-state index in [1.807, 2.05) is 0 Å². The van der Waals surface area contributed by atoms with E-state index in [0.717, 1.165) is 0 Å². The molecule has 0 saturated heterocycles. The van der Waals surface area contributed by atoms with Crippen LogP contribution in [0.25, 0.3) is 6.08 Å². The first-order valence-electron chi connectivity index (χ1n) is 9.03. The first-order valence-corrected chi connectivity index (χ1v) is 10.5.